The first-order valence-electron chi connectivity index (χ1n) is 10.1. The molecule has 2 aromatic carbocycles. The van der Waals surface area contributed by atoms with Crippen LogP contribution >= 0.6 is 12.2 Å². The van der Waals surface area contributed by atoms with Crippen molar-refractivity contribution in [1.29, 1.82) is 0 Å². The standard InChI is InChI=1S/C24H23N5OS/c1-18-8-7-11-20(16-18)23-26-27-24(31)29(23)15-13-22(30)25-21-12-5-6-14-28(21)17-19-9-3-2-4-10-19/h2-12,14,16H,13,15,17H2,1H3,(H,27,31). The van der Waals surface area contributed by atoms with Crippen LogP contribution in [-0.2, 0) is 17.9 Å². The fourth-order valence-corrected chi connectivity index (χ4v) is 3.63. The van der Waals surface area contributed by atoms with Crippen LogP contribution in [-0.4, -0.2) is 25.2 Å². The average Bonchev–Trinajstić information content (AvgIpc) is 3.15. The fourth-order valence-electron chi connectivity index (χ4n) is 3.40. The highest BCUT2D eigenvalue weighted by Crippen LogP contribution is 2.18. The van der Waals surface area contributed by atoms with Crippen molar-refractivity contribution in [3.05, 3.63) is 100 Å². The maximum atomic E-state index is 12.7. The average molecular weight is 430 g/mol. The highest BCUT2D eigenvalue weighted by Gasteiger charge is 2.11. The van der Waals surface area contributed by atoms with Gasteiger partial charge in [-0.15, -0.1) is 0 Å². The number of H-pyrrole nitrogens is 1. The van der Waals surface area contributed by atoms with E-state index in [2.05, 4.69) is 27.3 Å². The molecule has 0 fully saturated rings. The summed E-state index contributed by atoms with van der Waals surface area (Å²) in [4.78, 5) is 17.0. The minimum atomic E-state index is -0.202. The molecule has 0 saturated heterocycles. The van der Waals surface area contributed by atoms with Crippen molar-refractivity contribution in [3.63, 3.8) is 0 Å². The number of carbonyl (C=O) groups is 1. The number of nitrogens with one attached hydrogen (secondary N) is 1. The lowest BCUT2D eigenvalue weighted by Crippen LogP contribution is -2.22. The van der Waals surface area contributed by atoms with Gasteiger partial charge >= 0.3 is 0 Å². The normalized spacial score (nSPS) is 11.6. The van der Waals surface area contributed by atoms with E-state index in [1.165, 1.54) is 0 Å². The van der Waals surface area contributed by atoms with Crippen molar-refractivity contribution in [2.45, 2.75) is 26.4 Å². The summed E-state index contributed by atoms with van der Waals surface area (Å²) in [5.74, 6) is 0.520. The second-order valence-electron chi connectivity index (χ2n) is 7.30. The van der Waals surface area contributed by atoms with Crippen LogP contribution in [0.2, 0.25) is 0 Å². The third-order valence-electron chi connectivity index (χ3n) is 4.94. The smallest absolute Gasteiger partial charge is 0.249 e. The topological polar surface area (TPSA) is 68.0 Å². The van der Waals surface area contributed by atoms with Crippen molar-refractivity contribution in [1.82, 2.24) is 19.3 Å². The maximum absolute atomic E-state index is 12.7. The fraction of sp³-hybridized carbons (Fsp3) is 0.167. The molecule has 0 saturated carbocycles. The van der Waals surface area contributed by atoms with Crippen LogP contribution in [0.4, 0.5) is 0 Å². The summed E-state index contributed by atoms with van der Waals surface area (Å²) in [6.45, 7) is 3.09. The van der Waals surface area contributed by atoms with Gasteiger partial charge in [-0.1, -0.05) is 60.2 Å². The van der Waals surface area contributed by atoms with Crippen LogP contribution in [0.15, 0.2) is 84.0 Å². The molecule has 0 aliphatic rings. The maximum Gasteiger partial charge on any atom is 0.249 e. The summed E-state index contributed by atoms with van der Waals surface area (Å²) < 4.78 is 4.30. The zero-order valence-corrected chi connectivity index (χ0v) is 18.0. The third-order valence-corrected chi connectivity index (χ3v) is 5.25. The molecule has 7 heteroatoms. The van der Waals surface area contributed by atoms with E-state index in [9.17, 15) is 4.79 Å². The lowest BCUT2D eigenvalue weighted by Gasteiger charge is -2.08. The van der Waals surface area contributed by atoms with E-state index in [-0.39, 0.29) is 12.3 Å². The third kappa shape index (κ3) is 5.13. The predicted octanol–water partition coefficient (Wildman–Crippen LogP) is 4.28. The summed E-state index contributed by atoms with van der Waals surface area (Å²) in [6, 6.07) is 23.8. The van der Waals surface area contributed by atoms with Gasteiger partial charge < -0.3 is 4.57 Å². The number of hydrogen-bond acceptors (Lipinski definition) is 3. The van der Waals surface area contributed by atoms with Crippen molar-refractivity contribution in [2.24, 2.45) is 4.99 Å². The number of aromatic amines is 1. The van der Waals surface area contributed by atoms with Crippen LogP contribution in [0.1, 0.15) is 17.5 Å². The van der Waals surface area contributed by atoms with Crippen LogP contribution in [0.5, 0.6) is 0 Å². The Balaban J connectivity index is 1.53. The van der Waals surface area contributed by atoms with Gasteiger partial charge in [-0.25, -0.2) is 0 Å². The van der Waals surface area contributed by atoms with Crippen LogP contribution in [0.25, 0.3) is 11.4 Å². The molecule has 2 heterocycles. The Kier molecular flexibility index (Phi) is 6.33. The van der Waals surface area contributed by atoms with Gasteiger partial charge in [-0.05, 0) is 42.9 Å². The summed E-state index contributed by atoms with van der Waals surface area (Å²) in [7, 11) is 0. The molecular weight excluding hydrogens is 406 g/mol. The molecule has 2 aromatic heterocycles. The lowest BCUT2D eigenvalue weighted by atomic mass is 10.1. The zero-order valence-electron chi connectivity index (χ0n) is 17.2. The zero-order chi connectivity index (χ0) is 21.6. The molecular formula is C24H23N5OS. The molecule has 0 radical (unpaired) electrons. The van der Waals surface area contributed by atoms with E-state index in [1.807, 2.05) is 82.9 Å². The minimum absolute atomic E-state index is 0.202. The molecule has 0 aliphatic carbocycles. The number of benzene rings is 2. The molecule has 0 atom stereocenters. The second-order valence-corrected chi connectivity index (χ2v) is 7.69. The van der Waals surface area contributed by atoms with Crippen molar-refractivity contribution < 1.29 is 4.79 Å². The van der Waals surface area contributed by atoms with E-state index in [4.69, 9.17) is 12.2 Å². The molecule has 0 bridgehead atoms. The van der Waals surface area contributed by atoms with Gasteiger partial charge in [0.1, 0.15) is 5.49 Å². The van der Waals surface area contributed by atoms with Crippen LogP contribution < -0.4 is 5.49 Å². The van der Waals surface area contributed by atoms with Gasteiger partial charge in [0, 0.05) is 31.3 Å². The van der Waals surface area contributed by atoms with E-state index >= 15 is 0 Å². The van der Waals surface area contributed by atoms with Crippen molar-refractivity contribution in [3.8, 4) is 11.4 Å². The Morgan fingerprint density at radius 3 is 2.68 bits per heavy atom. The quantitative estimate of drug-likeness (QED) is 0.465. The van der Waals surface area contributed by atoms with Gasteiger partial charge in [-0.3, -0.25) is 14.5 Å². The van der Waals surface area contributed by atoms with Gasteiger partial charge in [0.05, 0.1) is 0 Å². The Hall–Kier alpha value is -3.58. The molecule has 0 aliphatic heterocycles. The number of amides is 1. The molecule has 4 rings (SSSR count). The SMILES string of the molecule is Cc1cccc(-c2n[nH]c(=S)n2CCC(=O)N=c2ccccn2Cc2ccccc2)c1. The molecule has 4 aromatic rings. The summed E-state index contributed by atoms with van der Waals surface area (Å²) in [6.07, 6.45) is 2.16. The first kappa shape index (κ1) is 20.7. The van der Waals surface area contributed by atoms with Crippen LogP contribution in [0.3, 0.4) is 0 Å². The molecule has 0 spiro atoms. The Labute approximate surface area is 185 Å². The first-order valence-corrected chi connectivity index (χ1v) is 10.5. The number of aromatic nitrogens is 4. The lowest BCUT2D eigenvalue weighted by molar-refractivity contribution is -0.118. The number of nitrogens with zero attached hydrogens (tertiary/aromatic N) is 4. The summed E-state index contributed by atoms with van der Waals surface area (Å²) >= 11 is 5.38. The molecule has 31 heavy (non-hydrogen) atoms. The largest absolute Gasteiger partial charge is 0.329 e. The van der Waals surface area contributed by atoms with Gasteiger partial charge in [0.15, 0.2) is 10.6 Å². The Morgan fingerprint density at radius 1 is 1.06 bits per heavy atom. The molecule has 6 nitrogen and oxygen atoms in total. The monoisotopic (exact) mass is 429 g/mol. The number of hydrogen-bond donors (Lipinski definition) is 1. The first-order chi connectivity index (χ1) is 15.1. The minimum Gasteiger partial charge on any atom is -0.329 e. The predicted molar refractivity (Wildman–Crippen MR) is 123 cm³/mol. The van der Waals surface area contributed by atoms with Gasteiger partial charge in [-0.2, -0.15) is 10.1 Å². The Bertz CT molecular complexity index is 1320. The van der Waals surface area contributed by atoms with E-state index < -0.39 is 0 Å². The van der Waals surface area contributed by atoms with Crippen molar-refractivity contribution in [2.75, 3.05) is 0 Å². The summed E-state index contributed by atoms with van der Waals surface area (Å²) in [5.41, 5.74) is 3.87. The second kappa shape index (κ2) is 9.49. The van der Waals surface area contributed by atoms with E-state index in [0.717, 1.165) is 22.5 Å². The highest BCUT2D eigenvalue weighted by molar-refractivity contribution is 7.71. The molecule has 1 N–H and O–H groups in total. The Morgan fingerprint density at radius 2 is 1.87 bits per heavy atom. The molecule has 0 unspecified atom stereocenters. The number of rotatable bonds is 6. The molecule has 156 valence electrons. The molecule has 1 amide bonds. The van der Waals surface area contributed by atoms with Crippen molar-refractivity contribution >= 4 is 18.1 Å². The number of aryl methyl sites for hydroxylation is 1. The summed E-state index contributed by atoms with van der Waals surface area (Å²) in [5, 5.41) is 7.18. The van der Waals surface area contributed by atoms with E-state index in [1.54, 1.807) is 0 Å². The van der Waals surface area contributed by atoms with E-state index in [0.29, 0.717) is 23.3 Å². The highest BCUT2D eigenvalue weighted by atomic mass is 32.1. The number of pyridine rings is 1. The van der Waals surface area contributed by atoms with Crippen LogP contribution in [0, 0.1) is 11.7 Å². The number of carbonyl (C=O) groups excluding carboxylic acids is 1. The van der Waals surface area contributed by atoms with Gasteiger partial charge in [0.25, 0.3) is 0 Å². The van der Waals surface area contributed by atoms with Gasteiger partial charge in [0.2, 0.25) is 5.91 Å².